The highest BCUT2D eigenvalue weighted by Crippen LogP contribution is 2.32. The Hall–Kier alpha value is -0.550. The maximum absolute atomic E-state index is 8.53. The molecule has 0 radical (unpaired) electrons. The number of halogens is 2. The maximum atomic E-state index is 8.53. The van der Waals surface area contributed by atoms with E-state index in [4.69, 9.17) is 9.94 Å². The van der Waals surface area contributed by atoms with Gasteiger partial charge in [-0.25, -0.2) is 0 Å². The highest BCUT2D eigenvalue weighted by atomic mass is 79.9. The molecule has 0 saturated heterocycles. The minimum Gasteiger partial charge on any atom is -0.492 e. The Morgan fingerprint density at radius 3 is 2.80 bits per heavy atom. The van der Waals surface area contributed by atoms with Gasteiger partial charge in [0.2, 0.25) is 0 Å². The van der Waals surface area contributed by atoms with Gasteiger partial charge in [-0.2, -0.15) is 0 Å². The van der Waals surface area contributed by atoms with Crippen LogP contribution in [0.15, 0.2) is 26.2 Å². The summed E-state index contributed by atoms with van der Waals surface area (Å²) in [6, 6.07) is 3.72. The van der Waals surface area contributed by atoms with Crippen LogP contribution in [-0.4, -0.2) is 18.0 Å². The fraction of sp³-hybridized carbons (Fsp3) is 0.300. The average Bonchev–Trinajstić information content (AvgIpc) is 2.17. The zero-order valence-electron chi connectivity index (χ0n) is 8.20. The molecule has 1 rings (SSSR count). The number of oxime groups is 1. The lowest BCUT2D eigenvalue weighted by Gasteiger charge is -2.10. The molecule has 82 valence electrons. The van der Waals surface area contributed by atoms with Crippen molar-refractivity contribution in [1.29, 1.82) is 0 Å². The molecule has 0 amide bonds. The number of hydrogen-bond acceptors (Lipinski definition) is 3. The zero-order chi connectivity index (χ0) is 11.3. The monoisotopic (exact) mass is 335 g/mol. The third-order valence-corrected chi connectivity index (χ3v) is 2.73. The Morgan fingerprint density at radius 1 is 1.47 bits per heavy atom. The van der Waals surface area contributed by atoms with Crippen molar-refractivity contribution in [3.05, 3.63) is 26.6 Å². The van der Waals surface area contributed by atoms with Gasteiger partial charge >= 0.3 is 0 Å². The molecule has 1 N–H and O–H groups in total. The molecule has 0 spiro atoms. The highest BCUT2D eigenvalue weighted by molar-refractivity contribution is 9.11. The van der Waals surface area contributed by atoms with Crippen molar-refractivity contribution < 1.29 is 9.94 Å². The third-order valence-electron chi connectivity index (χ3n) is 1.68. The fourth-order valence-electron chi connectivity index (χ4n) is 1.09. The summed E-state index contributed by atoms with van der Waals surface area (Å²) in [5.74, 6) is 0.692. The van der Waals surface area contributed by atoms with Gasteiger partial charge < -0.3 is 9.94 Å². The number of ether oxygens (including phenoxy) is 1. The van der Waals surface area contributed by atoms with E-state index in [0.29, 0.717) is 12.4 Å². The van der Waals surface area contributed by atoms with Gasteiger partial charge in [0.1, 0.15) is 5.75 Å². The summed E-state index contributed by atoms with van der Waals surface area (Å²) in [6.07, 6.45) is 2.28. The minimum absolute atomic E-state index is 0.631. The van der Waals surface area contributed by atoms with Crippen LogP contribution in [-0.2, 0) is 0 Å². The smallest absolute Gasteiger partial charge is 0.142 e. The standard InChI is InChI=1S/C10H11Br2NO2/c1-2-3-15-10-7(6-13-14)4-8(11)5-9(10)12/h4-6,14H,2-3H2,1H3. The van der Waals surface area contributed by atoms with Gasteiger partial charge in [-0.1, -0.05) is 28.0 Å². The lowest BCUT2D eigenvalue weighted by atomic mass is 10.2. The fourth-order valence-corrected chi connectivity index (χ4v) is 2.47. The van der Waals surface area contributed by atoms with Crippen LogP contribution in [0, 0.1) is 0 Å². The van der Waals surface area contributed by atoms with Gasteiger partial charge in [0.25, 0.3) is 0 Å². The molecule has 0 fully saturated rings. The van der Waals surface area contributed by atoms with Crippen LogP contribution < -0.4 is 4.74 Å². The molecule has 1 aromatic carbocycles. The van der Waals surface area contributed by atoms with Crippen molar-refractivity contribution in [3.8, 4) is 5.75 Å². The molecule has 0 heterocycles. The van der Waals surface area contributed by atoms with Crippen molar-refractivity contribution in [2.45, 2.75) is 13.3 Å². The number of nitrogens with zero attached hydrogens (tertiary/aromatic N) is 1. The van der Waals surface area contributed by atoms with Crippen molar-refractivity contribution >= 4 is 38.1 Å². The molecule has 0 unspecified atom stereocenters. The summed E-state index contributed by atoms with van der Waals surface area (Å²) >= 11 is 6.76. The Bertz CT molecular complexity index is 367. The van der Waals surface area contributed by atoms with Gasteiger partial charge in [0, 0.05) is 10.0 Å². The summed E-state index contributed by atoms with van der Waals surface area (Å²) < 4.78 is 7.28. The van der Waals surface area contributed by atoms with Crippen molar-refractivity contribution in [1.82, 2.24) is 0 Å². The number of benzene rings is 1. The summed E-state index contributed by atoms with van der Waals surface area (Å²) in [6.45, 7) is 2.67. The lowest BCUT2D eigenvalue weighted by Crippen LogP contribution is -1.99. The topological polar surface area (TPSA) is 41.8 Å². The quantitative estimate of drug-likeness (QED) is 0.516. The summed E-state index contributed by atoms with van der Waals surface area (Å²) in [7, 11) is 0. The maximum Gasteiger partial charge on any atom is 0.142 e. The highest BCUT2D eigenvalue weighted by Gasteiger charge is 2.08. The van der Waals surface area contributed by atoms with Crippen LogP contribution in [0.2, 0.25) is 0 Å². The molecule has 0 aliphatic rings. The van der Waals surface area contributed by atoms with E-state index in [0.717, 1.165) is 20.9 Å². The average molecular weight is 337 g/mol. The molecular weight excluding hydrogens is 326 g/mol. The second kappa shape index (κ2) is 6.12. The van der Waals surface area contributed by atoms with E-state index in [9.17, 15) is 0 Å². The molecule has 0 aromatic heterocycles. The summed E-state index contributed by atoms with van der Waals surface area (Å²) in [4.78, 5) is 0. The Kier molecular flexibility index (Phi) is 5.11. The zero-order valence-corrected chi connectivity index (χ0v) is 11.4. The first kappa shape index (κ1) is 12.5. The third kappa shape index (κ3) is 3.50. The van der Waals surface area contributed by atoms with Crippen LogP contribution in [0.3, 0.4) is 0 Å². The van der Waals surface area contributed by atoms with E-state index in [2.05, 4.69) is 37.0 Å². The van der Waals surface area contributed by atoms with Gasteiger partial charge in [-0.15, -0.1) is 0 Å². The molecule has 0 aliphatic carbocycles. The number of hydrogen-bond donors (Lipinski definition) is 1. The van der Waals surface area contributed by atoms with Gasteiger partial charge in [-0.05, 0) is 34.5 Å². The van der Waals surface area contributed by atoms with Gasteiger partial charge in [0.05, 0.1) is 17.3 Å². The molecule has 5 heteroatoms. The van der Waals surface area contributed by atoms with Crippen LogP contribution in [0.25, 0.3) is 0 Å². The van der Waals surface area contributed by atoms with E-state index in [-0.39, 0.29) is 0 Å². The molecular formula is C10H11Br2NO2. The molecule has 0 aliphatic heterocycles. The van der Waals surface area contributed by atoms with Crippen LogP contribution in [0.5, 0.6) is 5.75 Å². The first-order chi connectivity index (χ1) is 7.19. The first-order valence-electron chi connectivity index (χ1n) is 4.48. The second-order valence-electron chi connectivity index (χ2n) is 2.90. The second-order valence-corrected chi connectivity index (χ2v) is 4.67. The number of rotatable bonds is 4. The van der Waals surface area contributed by atoms with E-state index in [1.54, 1.807) is 0 Å². The summed E-state index contributed by atoms with van der Waals surface area (Å²) in [5, 5.41) is 11.5. The van der Waals surface area contributed by atoms with E-state index >= 15 is 0 Å². The molecule has 0 bridgehead atoms. The predicted molar refractivity (Wildman–Crippen MR) is 67.0 cm³/mol. The SMILES string of the molecule is CCCOc1c(Br)cc(Br)cc1C=NO. The molecule has 0 saturated carbocycles. The molecule has 3 nitrogen and oxygen atoms in total. The van der Waals surface area contributed by atoms with E-state index < -0.39 is 0 Å². The minimum atomic E-state index is 0.631. The van der Waals surface area contributed by atoms with Crippen molar-refractivity contribution in [3.63, 3.8) is 0 Å². The molecule has 15 heavy (non-hydrogen) atoms. The normalized spacial score (nSPS) is 10.9. The predicted octanol–water partition coefficient (Wildman–Crippen LogP) is 3.81. The first-order valence-corrected chi connectivity index (χ1v) is 6.07. The van der Waals surface area contributed by atoms with Gasteiger partial charge in [0.15, 0.2) is 0 Å². The Balaban J connectivity index is 3.08. The van der Waals surface area contributed by atoms with Crippen LogP contribution in [0.1, 0.15) is 18.9 Å². The summed E-state index contributed by atoms with van der Waals surface area (Å²) in [5.41, 5.74) is 0.729. The van der Waals surface area contributed by atoms with E-state index in [1.165, 1.54) is 6.21 Å². The largest absolute Gasteiger partial charge is 0.492 e. The van der Waals surface area contributed by atoms with Gasteiger partial charge in [-0.3, -0.25) is 0 Å². The van der Waals surface area contributed by atoms with Crippen molar-refractivity contribution in [2.24, 2.45) is 5.16 Å². The Morgan fingerprint density at radius 2 is 2.20 bits per heavy atom. The van der Waals surface area contributed by atoms with E-state index in [1.807, 2.05) is 19.1 Å². The molecule has 0 atom stereocenters. The van der Waals surface area contributed by atoms with Crippen LogP contribution in [0.4, 0.5) is 0 Å². The Labute approximate surface area is 105 Å². The van der Waals surface area contributed by atoms with Crippen molar-refractivity contribution in [2.75, 3.05) is 6.61 Å². The van der Waals surface area contributed by atoms with Crippen LogP contribution >= 0.6 is 31.9 Å². The lowest BCUT2D eigenvalue weighted by molar-refractivity contribution is 0.312. The molecule has 1 aromatic rings.